The van der Waals surface area contributed by atoms with Gasteiger partial charge in [0.05, 0.1) is 18.8 Å². The average Bonchev–Trinajstić information content (AvgIpc) is 2.98. The minimum Gasteiger partial charge on any atom is -0.490 e. The summed E-state index contributed by atoms with van der Waals surface area (Å²) < 4.78 is 11.5. The molecule has 1 aromatic carbocycles. The van der Waals surface area contributed by atoms with E-state index in [4.69, 9.17) is 19.7 Å². The van der Waals surface area contributed by atoms with Crippen molar-refractivity contribution < 1.29 is 19.1 Å². The number of benzene rings is 1. The number of rotatable bonds is 6. The second-order valence-corrected chi connectivity index (χ2v) is 6.67. The number of amides is 1. The molecule has 1 aromatic rings. The number of carbonyl (C=O) groups excluding carboxylic acids is 1. The minimum absolute atomic E-state index is 0.0452. The van der Waals surface area contributed by atoms with Gasteiger partial charge in [0.15, 0.2) is 23.2 Å². The first kappa shape index (κ1) is 18.7. The van der Waals surface area contributed by atoms with E-state index in [2.05, 4.69) is 18.8 Å². The van der Waals surface area contributed by atoms with Crippen LogP contribution in [0.25, 0.3) is 6.08 Å². The molecule has 0 saturated heterocycles. The number of allylic oxidation sites excluding steroid dienone is 1. The molecule has 0 radical (unpaired) electrons. The second-order valence-electron chi connectivity index (χ2n) is 6.67. The van der Waals surface area contributed by atoms with Crippen LogP contribution >= 0.6 is 0 Å². The van der Waals surface area contributed by atoms with Crippen molar-refractivity contribution in [1.29, 1.82) is 5.41 Å². The van der Waals surface area contributed by atoms with Crippen LogP contribution in [-0.4, -0.2) is 35.9 Å². The molecule has 0 spiro atoms. The van der Waals surface area contributed by atoms with Gasteiger partial charge in [-0.3, -0.25) is 10.2 Å². The summed E-state index contributed by atoms with van der Waals surface area (Å²) in [7, 11) is 0. The summed E-state index contributed by atoms with van der Waals surface area (Å²) in [6, 6.07) is 5.42. The largest absolute Gasteiger partial charge is 0.490 e. The molecular weight excluding hydrogens is 346 g/mol. The fourth-order valence-corrected chi connectivity index (χ4v) is 2.63. The van der Waals surface area contributed by atoms with Gasteiger partial charge in [-0.25, -0.2) is 0 Å². The van der Waals surface area contributed by atoms with Crippen LogP contribution in [0.15, 0.2) is 40.6 Å². The SMILES string of the molecule is CCOc1cc(/C=C2\C(=N)N3OC(C)=CC3=NC2=O)ccc1OCC(C)C. The fraction of sp³-hybridized carbons (Fsp3) is 0.350. The summed E-state index contributed by atoms with van der Waals surface area (Å²) in [5.41, 5.74) is 0.867. The topological polar surface area (TPSA) is 84.2 Å². The zero-order valence-corrected chi connectivity index (χ0v) is 15.9. The second kappa shape index (κ2) is 7.65. The normalized spacial score (nSPS) is 17.7. The van der Waals surface area contributed by atoms with Gasteiger partial charge in [0, 0.05) is 6.08 Å². The van der Waals surface area contributed by atoms with Crippen LogP contribution in [-0.2, 0) is 9.63 Å². The third-order valence-electron chi connectivity index (χ3n) is 3.83. The smallest absolute Gasteiger partial charge is 0.282 e. The monoisotopic (exact) mass is 369 g/mol. The Hall–Kier alpha value is -3.09. The Kier molecular flexibility index (Phi) is 5.30. The molecule has 1 amide bonds. The maximum absolute atomic E-state index is 12.3. The highest BCUT2D eigenvalue weighted by atomic mass is 16.7. The van der Waals surface area contributed by atoms with Gasteiger partial charge < -0.3 is 14.3 Å². The van der Waals surface area contributed by atoms with Gasteiger partial charge in [-0.15, -0.1) is 5.06 Å². The van der Waals surface area contributed by atoms with E-state index >= 15 is 0 Å². The first-order valence-electron chi connectivity index (χ1n) is 8.88. The highest BCUT2D eigenvalue weighted by molar-refractivity contribution is 6.32. The molecule has 2 aliphatic heterocycles. The first-order valence-corrected chi connectivity index (χ1v) is 8.88. The molecular formula is C20H23N3O4. The van der Waals surface area contributed by atoms with Crippen molar-refractivity contribution in [3.63, 3.8) is 0 Å². The van der Waals surface area contributed by atoms with Crippen LogP contribution in [0.2, 0.25) is 0 Å². The van der Waals surface area contributed by atoms with Crippen LogP contribution < -0.4 is 9.47 Å². The molecule has 0 atom stereocenters. The van der Waals surface area contributed by atoms with Gasteiger partial charge >= 0.3 is 0 Å². The number of ether oxygens (including phenoxy) is 2. The van der Waals surface area contributed by atoms with Crippen LogP contribution in [0, 0.1) is 11.3 Å². The Labute approximate surface area is 158 Å². The van der Waals surface area contributed by atoms with Crippen molar-refractivity contribution in [2.75, 3.05) is 13.2 Å². The summed E-state index contributed by atoms with van der Waals surface area (Å²) in [6.45, 7) is 8.86. The standard InChI is InChI=1S/C20H23N3O4/c1-5-25-17-10-14(6-7-16(17)26-11-12(2)3)9-15-19(21)23-18(22-20(15)24)8-13(4)27-23/h6-10,12,21H,5,11H2,1-4H3/b15-9+,21-19?. The molecule has 27 heavy (non-hydrogen) atoms. The number of fused-ring (bicyclic) bond motifs is 1. The predicted molar refractivity (Wildman–Crippen MR) is 103 cm³/mol. The number of hydrogen-bond donors (Lipinski definition) is 1. The van der Waals surface area contributed by atoms with Crippen molar-refractivity contribution >= 4 is 23.7 Å². The highest BCUT2D eigenvalue weighted by Crippen LogP contribution is 2.31. The van der Waals surface area contributed by atoms with E-state index in [1.807, 2.05) is 19.1 Å². The van der Waals surface area contributed by atoms with Crippen LogP contribution in [0.4, 0.5) is 0 Å². The molecule has 0 fully saturated rings. The quantitative estimate of drug-likeness (QED) is 0.775. The number of carbonyl (C=O) groups is 1. The Morgan fingerprint density at radius 1 is 1.30 bits per heavy atom. The van der Waals surface area contributed by atoms with E-state index in [1.54, 1.807) is 25.1 Å². The lowest BCUT2D eigenvalue weighted by atomic mass is 10.1. The minimum atomic E-state index is -0.473. The zero-order valence-electron chi connectivity index (χ0n) is 15.9. The Morgan fingerprint density at radius 3 is 2.78 bits per heavy atom. The van der Waals surface area contributed by atoms with Crippen molar-refractivity contribution in [2.45, 2.75) is 27.7 Å². The fourth-order valence-electron chi connectivity index (χ4n) is 2.63. The van der Waals surface area contributed by atoms with Crippen molar-refractivity contribution in [1.82, 2.24) is 5.06 Å². The summed E-state index contributed by atoms with van der Waals surface area (Å²) in [5, 5.41) is 9.52. The summed E-state index contributed by atoms with van der Waals surface area (Å²) in [6.07, 6.45) is 3.23. The molecule has 142 valence electrons. The molecule has 0 unspecified atom stereocenters. The Morgan fingerprint density at radius 2 is 2.07 bits per heavy atom. The predicted octanol–water partition coefficient (Wildman–Crippen LogP) is 3.57. The van der Waals surface area contributed by atoms with Gasteiger partial charge in [0.1, 0.15) is 5.76 Å². The third kappa shape index (κ3) is 4.02. The number of aliphatic imine (C=N–C) groups is 1. The summed E-state index contributed by atoms with van der Waals surface area (Å²) in [5.74, 6) is 2.04. The van der Waals surface area contributed by atoms with E-state index in [0.29, 0.717) is 47.8 Å². The molecule has 2 heterocycles. The number of hydrogen-bond acceptors (Lipinski definition) is 5. The van der Waals surface area contributed by atoms with Gasteiger partial charge in [0.2, 0.25) is 0 Å². The highest BCUT2D eigenvalue weighted by Gasteiger charge is 2.34. The number of amidine groups is 2. The van der Waals surface area contributed by atoms with Crippen LogP contribution in [0.5, 0.6) is 11.5 Å². The van der Waals surface area contributed by atoms with Crippen molar-refractivity contribution in [3.05, 3.63) is 41.2 Å². The molecule has 3 rings (SSSR count). The molecule has 0 aromatic heterocycles. The van der Waals surface area contributed by atoms with E-state index < -0.39 is 5.91 Å². The molecule has 2 aliphatic rings. The van der Waals surface area contributed by atoms with Gasteiger partial charge in [0.25, 0.3) is 5.91 Å². The maximum Gasteiger partial charge on any atom is 0.282 e. The molecule has 7 heteroatoms. The van der Waals surface area contributed by atoms with E-state index in [9.17, 15) is 4.79 Å². The molecule has 0 bridgehead atoms. The molecule has 0 aliphatic carbocycles. The summed E-state index contributed by atoms with van der Waals surface area (Å²) in [4.78, 5) is 21.8. The Bertz CT molecular complexity index is 868. The van der Waals surface area contributed by atoms with Crippen LogP contribution in [0.1, 0.15) is 33.3 Å². The number of nitrogens with one attached hydrogen (secondary N) is 1. The lowest BCUT2D eigenvalue weighted by molar-refractivity contribution is -0.114. The van der Waals surface area contributed by atoms with E-state index in [-0.39, 0.29) is 11.4 Å². The molecule has 1 N–H and O–H groups in total. The van der Waals surface area contributed by atoms with E-state index in [1.165, 1.54) is 5.06 Å². The zero-order chi connectivity index (χ0) is 19.6. The van der Waals surface area contributed by atoms with Gasteiger partial charge in [-0.1, -0.05) is 19.9 Å². The summed E-state index contributed by atoms with van der Waals surface area (Å²) >= 11 is 0. The molecule has 7 nitrogen and oxygen atoms in total. The van der Waals surface area contributed by atoms with Gasteiger partial charge in [-0.2, -0.15) is 4.99 Å². The molecule has 0 saturated carbocycles. The average molecular weight is 369 g/mol. The van der Waals surface area contributed by atoms with E-state index in [0.717, 1.165) is 0 Å². The van der Waals surface area contributed by atoms with Gasteiger partial charge in [-0.05, 0) is 43.5 Å². The lowest BCUT2D eigenvalue weighted by Crippen LogP contribution is -2.38. The number of hydroxylamine groups is 2. The maximum atomic E-state index is 12.3. The Balaban J connectivity index is 1.89. The van der Waals surface area contributed by atoms with Crippen molar-refractivity contribution in [3.8, 4) is 11.5 Å². The number of nitrogens with zero attached hydrogens (tertiary/aromatic N) is 2. The lowest BCUT2D eigenvalue weighted by Gasteiger charge is -2.23. The first-order chi connectivity index (χ1) is 12.9. The third-order valence-corrected chi connectivity index (χ3v) is 3.83. The van der Waals surface area contributed by atoms with Crippen LogP contribution in [0.3, 0.4) is 0 Å². The van der Waals surface area contributed by atoms with Crippen molar-refractivity contribution in [2.24, 2.45) is 10.9 Å².